The predicted molar refractivity (Wildman–Crippen MR) is 110 cm³/mol. The van der Waals surface area contributed by atoms with E-state index in [1.54, 1.807) is 30.3 Å². The highest BCUT2D eigenvalue weighted by Crippen LogP contribution is 2.07. The van der Waals surface area contributed by atoms with Crippen molar-refractivity contribution in [3.8, 4) is 0 Å². The maximum atomic E-state index is 12.8. The number of carbonyl (C=O) groups is 3. The molecule has 2 amide bonds. The van der Waals surface area contributed by atoms with E-state index in [0.29, 0.717) is 17.7 Å². The number of carboxylic acids is 1. The molecule has 2 atom stereocenters. The first-order valence-corrected chi connectivity index (χ1v) is 10.3. The fourth-order valence-electron chi connectivity index (χ4n) is 2.66. The van der Waals surface area contributed by atoms with Crippen LogP contribution >= 0.6 is 11.8 Å². The van der Waals surface area contributed by atoms with Gasteiger partial charge in [-0.25, -0.2) is 4.79 Å². The van der Waals surface area contributed by atoms with E-state index < -0.39 is 24.0 Å². The predicted octanol–water partition coefficient (Wildman–Crippen LogP) is 2.35. The van der Waals surface area contributed by atoms with Gasteiger partial charge in [0.25, 0.3) is 5.91 Å². The second kappa shape index (κ2) is 11.1. The molecule has 0 aromatic heterocycles. The molecule has 0 saturated heterocycles. The molecule has 0 radical (unpaired) electrons. The summed E-state index contributed by atoms with van der Waals surface area (Å²) in [6.07, 6.45) is 2.45. The minimum Gasteiger partial charge on any atom is -0.480 e. The van der Waals surface area contributed by atoms with Gasteiger partial charge < -0.3 is 15.7 Å². The van der Waals surface area contributed by atoms with Crippen molar-refractivity contribution in [1.82, 2.24) is 10.6 Å². The van der Waals surface area contributed by atoms with Gasteiger partial charge >= 0.3 is 5.97 Å². The van der Waals surface area contributed by atoms with Crippen LogP contribution in [0.3, 0.4) is 0 Å². The second-order valence-electron chi connectivity index (χ2n) is 6.26. The lowest BCUT2D eigenvalue weighted by molar-refractivity contribution is -0.142. The lowest BCUT2D eigenvalue weighted by Crippen LogP contribution is -2.52. The molecule has 6 nitrogen and oxygen atoms in total. The number of hydrogen-bond donors (Lipinski definition) is 3. The highest BCUT2D eigenvalue weighted by molar-refractivity contribution is 7.98. The zero-order valence-electron chi connectivity index (χ0n) is 15.6. The summed E-state index contributed by atoms with van der Waals surface area (Å²) in [7, 11) is 0. The number of aliphatic carboxylic acids is 1. The molecule has 0 fully saturated rings. The molecule has 2 aromatic carbocycles. The van der Waals surface area contributed by atoms with Gasteiger partial charge in [-0.15, -0.1) is 0 Å². The number of nitrogens with one attached hydrogen (secondary N) is 2. The zero-order valence-corrected chi connectivity index (χ0v) is 16.4. The number of hydrogen-bond acceptors (Lipinski definition) is 4. The fraction of sp³-hybridized carbons (Fsp3) is 0.286. The number of thioether (sulfide) groups is 1. The van der Waals surface area contributed by atoms with Crippen molar-refractivity contribution in [2.75, 3.05) is 12.0 Å². The molecule has 0 heterocycles. The van der Waals surface area contributed by atoms with Gasteiger partial charge in [-0.1, -0.05) is 48.5 Å². The Morgan fingerprint density at radius 1 is 0.929 bits per heavy atom. The summed E-state index contributed by atoms with van der Waals surface area (Å²) >= 11 is 1.51. The van der Waals surface area contributed by atoms with E-state index in [0.717, 1.165) is 5.56 Å². The molecule has 2 unspecified atom stereocenters. The lowest BCUT2D eigenvalue weighted by atomic mass is 10.0. The van der Waals surface area contributed by atoms with E-state index in [9.17, 15) is 19.5 Å². The third-order valence-corrected chi connectivity index (χ3v) is 4.81. The lowest BCUT2D eigenvalue weighted by Gasteiger charge is -2.21. The van der Waals surface area contributed by atoms with E-state index in [2.05, 4.69) is 10.6 Å². The molecule has 148 valence electrons. The van der Waals surface area contributed by atoms with Gasteiger partial charge in [0.15, 0.2) is 0 Å². The molecule has 3 N–H and O–H groups in total. The van der Waals surface area contributed by atoms with Gasteiger partial charge in [-0.3, -0.25) is 9.59 Å². The molecule has 28 heavy (non-hydrogen) atoms. The summed E-state index contributed by atoms with van der Waals surface area (Å²) in [5.74, 6) is -1.37. The van der Waals surface area contributed by atoms with Crippen molar-refractivity contribution in [2.45, 2.75) is 24.9 Å². The van der Waals surface area contributed by atoms with Crippen molar-refractivity contribution in [3.63, 3.8) is 0 Å². The van der Waals surface area contributed by atoms with Crippen LogP contribution in [0.4, 0.5) is 0 Å². The van der Waals surface area contributed by atoms with E-state index in [1.165, 1.54) is 11.8 Å². The van der Waals surface area contributed by atoms with Crippen LogP contribution in [0.25, 0.3) is 0 Å². The van der Waals surface area contributed by atoms with E-state index in [1.807, 2.05) is 36.6 Å². The van der Waals surface area contributed by atoms with Crippen molar-refractivity contribution >= 4 is 29.5 Å². The van der Waals surface area contributed by atoms with Gasteiger partial charge in [0, 0.05) is 12.0 Å². The summed E-state index contributed by atoms with van der Waals surface area (Å²) in [6.45, 7) is 0. The van der Waals surface area contributed by atoms with Gasteiger partial charge in [-0.2, -0.15) is 11.8 Å². The Balaban J connectivity index is 2.15. The summed E-state index contributed by atoms with van der Waals surface area (Å²) < 4.78 is 0. The average molecular weight is 401 g/mol. The Labute approximate surface area is 168 Å². The number of rotatable bonds is 10. The maximum absolute atomic E-state index is 12.8. The highest BCUT2D eigenvalue weighted by atomic mass is 32.2. The molecule has 2 rings (SSSR count). The number of carboxylic acid groups (broad SMARTS) is 1. The van der Waals surface area contributed by atoms with Crippen molar-refractivity contribution < 1.29 is 19.5 Å². The minimum atomic E-state index is -1.09. The molecule has 0 bridgehead atoms. The quantitative estimate of drug-likeness (QED) is 0.569. The van der Waals surface area contributed by atoms with Crippen LogP contribution in [-0.2, 0) is 16.0 Å². The number of amides is 2. The van der Waals surface area contributed by atoms with Gasteiger partial charge in [0.1, 0.15) is 12.1 Å². The largest absolute Gasteiger partial charge is 0.480 e. The van der Waals surface area contributed by atoms with Gasteiger partial charge in [0.05, 0.1) is 0 Å². The van der Waals surface area contributed by atoms with E-state index in [4.69, 9.17) is 0 Å². The molecule has 0 spiro atoms. The monoisotopic (exact) mass is 400 g/mol. The molecular formula is C21H24N2O4S. The number of benzene rings is 2. The molecule has 0 aliphatic carbocycles. The van der Waals surface area contributed by atoms with Gasteiger partial charge in [0.2, 0.25) is 5.91 Å². The van der Waals surface area contributed by atoms with Crippen molar-refractivity contribution in [1.29, 1.82) is 0 Å². The summed E-state index contributed by atoms with van der Waals surface area (Å²) in [4.78, 5) is 36.8. The van der Waals surface area contributed by atoms with E-state index >= 15 is 0 Å². The van der Waals surface area contributed by atoms with Crippen molar-refractivity contribution in [3.05, 3.63) is 71.8 Å². The Hall–Kier alpha value is -2.80. The molecule has 0 aliphatic rings. The van der Waals surface area contributed by atoms with Crippen LogP contribution in [0.15, 0.2) is 60.7 Å². The normalized spacial score (nSPS) is 12.6. The zero-order chi connectivity index (χ0) is 20.4. The average Bonchev–Trinajstić information content (AvgIpc) is 2.71. The third-order valence-electron chi connectivity index (χ3n) is 4.17. The molecule has 7 heteroatoms. The first kappa shape index (κ1) is 21.5. The Morgan fingerprint density at radius 2 is 1.54 bits per heavy atom. The van der Waals surface area contributed by atoms with Crippen LogP contribution in [0.5, 0.6) is 0 Å². The summed E-state index contributed by atoms with van der Waals surface area (Å²) in [5.41, 5.74) is 1.30. The van der Waals surface area contributed by atoms with Crippen LogP contribution in [0, 0.1) is 0 Å². The van der Waals surface area contributed by atoms with Crippen LogP contribution < -0.4 is 10.6 Å². The highest BCUT2D eigenvalue weighted by Gasteiger charge is 2.26. The topological polar surface area (TPSA) is 95.5 Å². The number of carbonyl (C=O) groups excluding carboxylic acids is 2. The standard InChI is InChI=1S/C21H24N2O4S/c1-28-13-12-17(21(26)27)22-20(25)18(14-15-8-4-2-5-9-15)23-19(24)16-10-6-3-7-11-16/h2-11,17-18H,12-14H2,1H3,(H,22,25)(H,23,24)(H,26,27). The Kier molecular flexibility index (Phi) is 8.55. The minimum absolute atomic E-state index is 0.264. The molecule has 0 saturated carbocycles. The van der Waals surface area contributed by atoms with Crippen LogP contribution in [0.2, 0.25) is 0 Å². The maximum Gasteiger partial charge on any atom is 0.326 e. The Morgan fingerprint density at radius 3 is 2.11 bits per heavy atom. The molecule has 0 aliphatic heterocycles. The first-order chi connectivity index (χ1) is 13.5. The van der Waals surface area contributed by atoms with E-state index in [-0.39, 0.29) is 12.3 Å². The summed E-state index contributed by atoms with van der Waals surface area (Å²) in [6, 6.07) is 16.0. The van der Waals surface area contributed by atoms with Crippen LogP contribution in [-0.4, -0.2) is 47.0 Å². The molecule has 2 aromatic rings. The molecular weight excluding hydrogens is 376 g/mol. The SMILES string of the molecule is CSCCC(NC(=O)C(Cc1ccccc1)NC(=O)c1ccccc1)C(=O)O. The third kappa shape index (κ3) is 6.74. The second-order valence-corrected chi connectivity index (χ2v) is 7.25. The smallest absolute Gasteiger partial charge is 0.326 e. The Bertz CT molecular complexity index is 784. The summed E-state index contributed by atoms with van der Waals surface area (Å²) in [5, 5.41) is 14.7. The fourth-order valence-corrected chi connectivity index (χ4v) is 3.13. The van der Waals surface area contributed by atoms with Gasteiger partial charge in [-0.05, 0) is 36.1 Å². The van der Waals surface area contributed by atoms with Crippen LogP contribution in [0.1, 0.15) is 22.3 Å². The first-order valence-electron chi connectivity index (χ1n) is 8.93. The van der Waals surface area contributed by atoms with Crippen molar-refractivity contribution in [2.24, 2.45) is 0 Å².